The fourth-order valence-electron chi connectivity index (χ4n) is 11.0. The van der Waals surface area contributed by atoms with Crippen LogP contribution < -0.4 is 4.90 Å². The molecule has 0 amide bonds. The van der Waals surface area contributed by atoms with Gasteiger partial charge in [-0.25, -0.2) is 0 Å². The summed E-state index contributed by atoms with van der Waals surface area (Å²) in [4.78, 5) is 2.31. The summed E-state index contributed by atoms with van der Waals surface area (Å²) in [6.07, 6.45) is 0. The molecule has 0 aliphatic carbocycles. The van der Waals surface area contributed by atoms with E-state index >= 15 is 0 Å². The van der Waals surface area contributed by atoms with Gasteiger partial charge in [-0.05, 0) is 144 Å². The summed E-state index contributed by atoms with van der Waals surface area (Å²) in [6.45, 7) is 0. The summed E-state index contributed by atoms with van der Waals surface area (Å²) < 4.78 is 7.24. The van der Waals surface area contributed by atoms with Gasteiger partial charge in [0.05, 0.1) is 33.1 Å². The molecule has 0 unspecified atom stereocenters. The van der Waals surface area contributed by atoms with Crippen LogP contribution in [0, 0.1) is 0 Å². The van der Waals surface area contributed by atoms with Crippen molar-refractivity contribution in [3.8, 4) is 39.3 Å². The van der Waals surface area contributed by atoms with E-state index in [9.17, 15) is 0 Å². The first kappa shape index (κ1) is 39.8. The van der Waals surface area contributed by atoms with E-state index in [0.29, 0.717) is 0 Å². The molecule has 0 N–H and O–H groups in total. The molecule has 14 rings (SSSR count). The predicted octanol–water partition coefficient (Wildman–Crippen LogP) is 17.8. The number of para-hydroxylation sites is 6. The van der Waals surface area contributed by atoms with Crippen molar-refractivity contribution < 1.29 is 0 Å². The number of fused-ring (bicyclic) bond motifs is 9. The minimum Gasteiger partial charge on any atom is -0.311 e. The fourth-order valence-corrected chi connectivity index (χ4v) is 11.0. The van der Waals surface area contributed by atoms with Gasteiger partial charge in [0.15, 0.2) is 0 Å². The van der Waals surface area contributed by atoms with E-state index in [1.54, 1.807) is 0 Å². The number of nitrogens with zero attached hydrogens (tertiary/aromatic N) is 4. The van der Waals surface area contributed by atoms with Gasteiger partial charge in [0, 0.05) is 66.4 Å². The zero-order valence-corrected chi connectivity index (χ0v) is 38.2. The molecule has 3 aromatic heterocycles. The van der Waals surface area contributed by atoms with Gasteiger partial charge in [0.25, 0.3) is 0 Å². The van der Waals surface area contributed by atoms with Gasteiger partial charge in [-0.2, -0.15) is 0 Å². The molecule has 0 saturated heterocycles. The smallest absolute Gasteiger partial charge is 0.0541 e. The zero-order valence-electron chi connectivity index (χ0n) is 38.2. The third kappa shape index (κ3) is 6.38. The molecule has 4 heteroatoms. The molecule has 0 saturated carbocycles. The van der Waals surface area contributed by atoms with Gasteiger partial charge in [-0.3, -0.25) is 0 Å². The number of aromatic nitrogens is 3. The van der Waals surface area contributed by atoms with Crippen molar-refractivity contribution in [2.75, 3.05) is 4.90 Å². The summed E-state index contributed by atoms with van der Waals surface area (Å²) >= 11 is 0. The van der Waals surface area contributed by atoms with E-state index < -0.39 is 0 Å². The average Bonchev–Trinajstić information content (AvgIpc) is 4.07. The maximum atomic E-state index is 2.45. The lowest BCUT2D eigenvalue weighted by Gasteiger charge is -2.25. The number of hydrogen-bond acceptors (Lipinski definition) is 1. The second kappa shape index (κ2) is 16.2. The van der Waals surface area contributed by atoms with Crippen molar-refractivity contribution >= 4 is 82.5 Å². The first-order chi connectivity index (χ1) is 34.7. The molecule has 4 nitrogen and oxygen atoms in total. The van der Waals surface area contributed by atoms with Crippen LogP contribution in [0.25, 0.3) is 105 Å². The number of benzene rings is 11. The molecule has 0 spiro atoms. The monoisotopic (exact) mass is 892 g/mol. The Morgan fingerprint density at radius 2 is 0.514 bits per heavy atom. The highest BCUT2D eigenvalue weighted by Crippen LogP contribution is 2.42. The number of anilines is 3. The van der Waals surface area contributed by atoms with Crippen LogP contribution in [0.2, 0.25) is 0 Å². The molecule has 3 heterocycles. The molecule has 0 aliphatic heterocycles. The molecule has 70 heavy (non-hydrogen) atoms. The zero-order chi connectivity index (χ0) is 46.1. The summed E-state index contributed by atoms with van der Waals surface area (Å²) in [5.74, 6) is 0. The molecule has 11 aromatic carbocycles. The molecule has 0 aliphatic rings. The van der Waals surface area contributed by atoms with Crippen molar-refractivity contribution in [1.82, 2.24) is 13.7 Å². The van der Waals surface area contributed by atoms with Gasteiger partial charge >= 0.3 is 0 Å². The summed E-state index contributed by atoms with van der Waals surface area (Å²) in [5, 5.41) is 7.41. The van der Waals surface area contributed by atoms with Gasteiger partial charge in [-0.15, -0.1) is 0 Å². The SMILES string of the molecule is c1ccc(N(c2ccccc2)c2ccc(-c3ccc4c(c3)c3cc(-c5ccc6c(c5)c5ccccc5n6-c5ccccc5)ccc3n4-c3cccc(-n4c5ccccc5c5ccccc54)c3)cc2)cc1. The van der Waals surface area contributed by atoms with E-state index in [2.05, 4.69) is 286 Å². The van der Waals surface area contributed by atoms with Crippen molar-refractivity contribution in [1.29, 1.82) is 0 Å². The Balaban J connectivity index is 0.942. The van der Waals surface area contributed by atoms with Crippen molar-refractivity contribution in [2.45, 2.75) is 0 Å². The van der Waals surface area contributed by atoms with Gasteiger partial charge in [-0.1, -0.05) is 146 Å². The molecule has 0 bridgehead atoms. The Labute approximate surface area is 405 Å². The highest BCUT2D eigenvalue weighted by molar-refractivity contribution is 6.14. The van der Waals surface area contributed by atoms with Crippen LogP contribution in [0.1, 0.15) is 0 Å². The lowest BCUT2D eigenvalue weighted by Crippen LogP contribution is -2.09. The Kier molecular flexibility index (Phi) is 9.17. The molecule has 0 atom stereocenters. The maximum Gasteiger partial charge on any atom is 0.0541 e. The van der Waals surface area contributed by atoms with Crippen LogP contribution in [0.5, 0.6) is 0 Å². The van der Waals surface area contributed by atoms with Crippen LogP contribution in [0.3, 0.4) is 0 Å². The minimum absolute atomic E-state index is 1.11. The van der Waals surface area contributed by atoms with Gasteiger partial charge in [0.2, 0.25) is 0 Å². The standard InChI is InChI=1S/C66H44N4/c1-4-17-49(18-5-1)67(50-19-6-2-7-20-50)52-36-31-45(32-37-52)46-33-38-65-59(41-46)60-43-48(47-34-39-64-58(42-47)57-27-12-15-30-63(57)68(64)51-21-8-3-9-22-51)35-40-66(60)70(65)54-24-16-23-53(44-54)69-61-28-13-10-25-55(61)56-26-11-14-29-62(56)69/h1-44H. The van der Waals surface area contributed by atoms with E-state index in [1.165, 1.54) is 71.1 Å². The van der Waals surface area contributed by atoms with E-state index in [0.717, 1.165) is 50.7 Å². The molecular weight excluding hydrogens is 849 g/mol. The van der Waals surface area contributed by atoms with Crippen LogP contribution in [0.15, 0.2) is 267 Å². The molecule has 328 valence electrons. The number of rotatable bonds is 8. The third-order valence-electron chi connectivity index (χ3n) is 14.2. The fraction of sp³-hybridized carbons (Fsp3) is 0. The average molecular weight is 893 g/mol. The predicted molar refractivity (Wildman–Crippen MR) is 295 cm³/mol. The van der Waals surface area contributed by atoms with E-state index in [4.69, 9.17) is 0 Å². The van der Waals surface area contributed by atoms with Crippen LogP contribution >= 0.6 is 0 Å². The van der Waals surface area contributed by atoms with Crippen LogP contribution in [-0.4, -0.2) is 13.7 Å². The van der Waals surface area contributed by atoms with E-state index in [1.807, 2.05) is 0 Å². The second-order valence-electron chi connectivity index (χ2n) is 18.2. The normalized spacial score (nSPS) is 11.7. The Bertz CT molecular complexity index is 4180. The van der Waals surface area contributed by atoms with Crippen molar-refractivity contribution in [3.05, 3.63) is 267 Å². The van der Waals surface area contributed by atoms with Gasteiger partial charge < -0.3 is 18.6 Å². The molecule has 0 radical (unpaired) electrons. The summed E-state index contributed by atoms with van der Waals surface area (Å²) in [7, 11) is 0. The Morgan fingerprint density at radius 1 is 0.200 bits per heavy atom. The topological polar surface area (TPSA) is 18.0 Å². The molecule has 14 aromatic rings. The van der Waals surface area contributed by atoms with E-state index in [-0.39, 0.29) is 0 Å². The lowest BCUT2D eigenvalue weighted by molar-refractivity contribution is 1.13. The highest BCUT2D eigenvalue weighted by atomic mass is 15.1. The second-order valence-corrected chi connectivity index (χ2v) is 18.2. The van der Waals surface area contributed by atoms with Crippen molar-refractivity contribution in [2.24, 2.45) is 0 Å². The van der Waals surface area contributed by atoms with Crippen LogP contribution in [0.4, 0.5) is 17.1 Å². The third-order valence-corrected chi connectivity index (χ3v) is 14.2. The van der Waals surface area contributed by atoms with Crippen molar-refractivity contribution in [3.63, 3.8) is 0 Å². The Morgan fingerprint density at radius 3 is 0.986 bits per heavy atom. The Hall–Kier alpha value is -9.38. The minimum atomic E-state index is 1.11. The molecule has 0 fully saturated rings. The van der Waals surface area contributed by atoms with Gasteiger partial charge in [0.1, 0.15) is 0 Å². The summed E-state index contributed by atoms with van der Waals surface area (Å²) in [5.41, 5.74) is 18.6. The number of hydrogen-bond donors (Lipinski definition) is 0. The maximum absolute atomic E-state index is 2.45. The first-order valence-electron chi connectivity index (χ1n) is 24.0. The first-order valence-corrected chi connectivity index (χ1v) is 24.0. The molecular formula is C66H44N4. The quantitative estimate of drug-likeness (QED) is 0.149. The lowest BCUT2D eigenvalue weighted by atomic mass is 9.99. The summed E-state index contributed by atoms with van der Waals surface area (Å²) in [6, 6.07) is 97.1. The highest BCUT2D eigenvalue weighted by Gasteiger charge is 2.19. The van der Waals surface area contributed by atoms with Crippen LogP contribution in [-0.2, 0) is 0 Å². The largest absolute Gasteiger partial charge is 0.311 e.